The van der Waals surface area contributed by atoms with Crippen LogP contribution in [0.4, 0.5) is 4.39 Å². The minimum Gasteiger partial charge on any atom is -0.453 e. The summed E-state index contributed by atoms with van der Waals surface area (Å²) in [4.78, 5) is 0. The van der Waals surface area contributed by atoms with E-state index in [1.165, 1.54) is 6.07 Å². The van der Waals surface area contributed by atoms with Gasteiger partial charge in [-0.15, -0.1) is 0 Å². The van der Waals surface area contributed by atoms with Crippen LogP contribution in [0.2, 0.25) is 5.02 Å². The Balaban J connectivity index is 2.48. The molecule has 1 nitrogen and oxygen atoms in total. The molecule has 19 heavy (non-hydrogen) atoms. The van der Waals surface area contributed by atoms with Crippen molar-refractivity contribution in [3.8, 4) is 11.5 Å². The zero-order valence-electron chi connectivity index (χ0n) is 10.6. The Labute approximate surface area is 125 Å². The molecule has 100 valence electrons. The maximum atomic E-state index is 13.9. The van der Waals surface area contributed by atoms with E-state index in [9.17, 15) is 4.39 Å². The van der Waals surface area contributed by atoms with Gasteiger partial charge in [0, 0.05) is 15.9 Å². The first-order valence-corrected chi connectivity index (χ1v) is 7.31. The maximum absolute atomic E-state index is 13.9. The fourth-order valence-corrected chi connectivity index (χ4v) is 2.70. The minimum atomic E-state index is -0.370. The molecule has 0 radical (unpaired) electrons. The summed E-state index contributed by atoms with van der Waals surface area (Å²) < 4.78 is 19.7. The van der Waals surface area contributed by atoms with E-state index >= 15 is 0 Å². The molecule has 0 unspecified atom stereocenters. The number of para-hydroxylation sites is 1. The summed E-state index contributed by atoms with van der Waals surface area (Å²) >= 11 is 9.31. The van der Waals surface area contributed by atoms with Gasteiger partial charge < -0.3 is 4.74 Å². The largest absolute Gasteiger partial charge is 0.453 e. The van der Waals surface area contributed by atoms with Crippen molar-refractivity contribution in [3.63, 3.8) is 0 Å². The van der Waals surface area contributed by atoms with Crippen LogP contribution in [0.5, 0.6) is 11.5 Å². The summed E-state index contributed by atoms with van der Waals surface area (Å²) in [6.45, 7) is 3.78. The van der Waals surface area contributed by atoms with Crippen molar-refractivity contribution in [2.75, 3.05) is 0 Å². The summed E-state index contributed by atoms with van der Waals surface area (Å²) in [6.07, 6.45) is 0. The lowest BCUT2D eigenvalue weighted by Gasteiger charge is -2.15. The van der Waals surface area contributed by atoms with Gasteiger partial charge in [-0.1, -0.05) is 39.7 Å². The van der Waals surface area contributed by atoms with E-state index in [1.807, 2.05) is 19.9 Å². The van der Waals surface area contributed by atoms with Crippen molar-refractivity contribution >= 4 is 27.5 Å². The Morgan fingerprint density at radius 2 is 1.79 bits per heavy atom. The number of halogens is 3. The van der Waals surface area contributed by atoms with Crippen molar-refractivity contribution in [1.29, 1.82) is 0 Å². The van der Waals surface area contributed by atoms with Crippen LogP contribution < -0.4 is 4.74 Å². The Hall–Kier alpha value is -1.06. The molecule has 4 heteroatoms. The van der Waals surface area contributed by atoms with E-state index in [2.05, 4.69) is 15.9 Å². The molecule has 0 bridgehead atoms. The first-order valence-electron chi connectivity index (χ1n) is 5.81. The first kappa shape index (κ1) is 14.4. The van der Waals surface area contributed by atoms with Crippen molar-refractivity contribution in [2.24, 2.45) is 0 Å². The number of hydrogen-bond donors (Lipinski definition) is 0. The van der Waals surface area contributed by atoms with Gasteiger partial charge in [-0.3, -0.25) is 0 Å². The zero-order chi connectivity index (χ0) is 14.0. The molecule has 0 aliphatic rings. The van der Waals surface area contributed by atoms with Gasteiger partial charge >= 0.3 is 0 Å². The van der Waals surface area contributed by atoms with Crippen LogP contribution in [0.1, 0.15) is 16.7 Å². The minimum absolute atomic E-state index is 0.257. The van der Waals surface area contributed by atoms with Gasteiger partial charge in [-0.2, -0.15) is 0 Å². The van der Waals surface area contributed by atoms with E-state index in [1.54, 1.807) is 18.2 Å². The highest BCUT2D eigenvalue weighted by molar-refractivity contribution is 9.08. The monoisotopic (exact) mass is 342 g/mol. The second-order valence-electron chi connectivity index (χ2n) is 4.33. The maximum Gasteiger partial charge on any atom is 0.167 e. The summed E-state index contributed by atoms with van der Waals surface area (Å²) in [5.74, 6) is 0.537. The molecule has 2 rings (SSSR count). The number of aryl methyl sites for hydroxylation is 2. The van der Waals surface area contributed by atoms with Crippen molar-refractivity contribution < 1.29 is 9.13 Å². The lowest BCUT2D eigenvalue weighted by molar-refractivity contribution is 0.433. The fourth-order valence-electron chi connectivity index (χ4n) is 1.93. The number of rotatable bonds is 3. The quantitative estimate of drug-likeness (QED) is 0.642. The molecule has 0 spiro atoms. The molecule has 0 saturated heterocycles. The average molecular weight is 344 g/mol. The molecule has 0 aliphatic carbocycles. The van der Waals surface area contributed by atoms with E-state index in [0.29, 0.717) is 16.1 Å². The van der Waals surface area contributed by atoms with Crippen molar-refractivity contribution in [1.82, 2.24) is 0 Å². The molecule has 2 aromatic carbocycles. The third kappa shape index (κ3) is 3.10. The van der Waals surface area contributed by atoms with Crippen LogP contribution in [0.25, 0.3) is 0 Å². The molecule has 0 aromatic heterocycles. The van der Waals surface area contributed by atoms with Crippen LogP contribution in [-0.2, 0) is 5.33 Å². The van der Waals surface area contributed by atoms with Gasteiger partial charge in [0.05, 0.1) is 0 Å². The van der Waals surface area contributed by atoms with Gasteiger partial charge in [0.15, 0.2) is 11.6 Å². The van der Waals surface area contributed by atoms with Crippen LogP contribution in [0.3, 0.4) is 0 Å². The smallest absolute Gasteiger partial charge is 0.167 e. The Morgan fingerprint density at radius 3 is 2.37 bits per heavy atom. The number of alkyl halides is 1. The van der Waals surface area contributed by atoms with Crippen LogP contribution in [0.15, 0.2) is 30.3 Å². The van der Waals surface area contributed by atoms with E-state index in [4.69, 9.17) is 16.3 Å². The number of ether oxygens (including phenoxy) is 1. The van der Waals surface area contributed by atoms with E-state index in [-0.39, 0.29) is 11.6 Å². The van der Waals surface area contributed by atoms with Gasteiger partial charge in [-0.05, 0) is 43.2 Å². The second-order valence-corrected chi connectivity index (χ2v) is 5.33. The topological polar surface area (TPSA) is 9.23 Å². The fraction of sp³-hybridized carbons (Fsp3) is 0.200. The van der Waals surface area contributed by atoms with Crippen LogP contribution in [0, 0.1) is 19.7 Å². The summed E-state index contributed by atoms with van der Waals surface area (Å²) in [5.41, 5.74) is 2.54. The standard InChI is InChI=1S/C15H13BrClFO/c1-9-6-12(17)7-10(2)14(9)19-15-11(8-16)4-3-5-13(15)18/h3-7H,8H2,1-2H3. The van der Waals surface area contributed by atoms with Gasteiger partial charge in [0.25, 0.3) is 0 Å². The molecule has 0 fully saturated rings. The molecule has 2 aromatic rings. The second kappa shape index (κ2) is 5.93. The highest BCUT2D eigenvalue weighted by atomic mass is 79.9. The van der Waals surface area contributed by atoms with Crippen molar-refractivity contribution in [3.05, 3.63) is 57.9 Å². The highest BCUT2D eigenvalue weighted by Crippen LogP contribution is 2.35. The summed E-state index contributed by atoms with van der Waals surface area (Å²) in [6, 6.07) is 8.49. The molecule has 0 heterocycles. The SMILES string of the molecule is Cc1cc(Cl)cc(C)c1Oc1c(F)cccc1CBr. The van der Waals surface area contributed by atoms with Crippen LogP contribution >= 0.6 is 27.5 Å². The molecular formula is C15H13BrClFO. The third-order valence-corrected chi connectivity index (χ3v) is 3.64. The summed E-state index contributed by atoms with van der Waals surface area (Å²) in [5, 5.41) is 1.18. The zero-order valence-corrected chi connectivity index (χ0v) is 13.0. The van der Waals surface area contributed by atoms with E-state index in [0.717, 1.165) is 16.7 Å². The molecule has 0 N–H and O–H groups in total. The lowest BCUT2D eigenvalue weighted by Crippen LogP contribution is -1.97. The van der Waals surface area contributed by atoms with Crippen molar-refractivity contribution in [2.45, 2.75) is 19.2 Å². The number of benzene rings is 2. The molecule has 0 amide bonds. The van der Waals surface area contributed by atoms with Crippen LogP contribution in [-0.4, -0.2) is 0 Å². The number of hydrogen-bond acceptors (Lipinski definition) is 1. The Bertz CT molecular complexity index is 590. The first-order chi connectivity index (χ1) is 9.02. The molecule has 0 atom stereocenters. The highest BCUT2D eigenvalue weighted by Gasteiger charge is 2.13. The third-order valence-electron chi connectivity index (χ3n) is 2.82. The molecular weight excluding hydrogens is 331 g/mol. The lowest BCUT2D eigenvalue weighted by atomic mass is 10.1. The Kier molecular flexibility index (Phi) is 4.48. The van der Waals surface area contributed by atoms with Gasteiger partial charge in [-0.25, -0.2) is 4.39 Å². The predicted molar refractivity (Wildman–Crippen MR) is 80.0 cm³/mol. The molecule has 0 saturated carbocycles. The molecule has 0 aliphatic heterocycles. The summed E-state index contributed by atoms with van der Waals surface area (Å²) in [7, 11) is 0. The average Bonchev–Trinajstić information content (AvgIpc) is 2.34. The van der Waals surface area contributed by atoms with Gasteiger partial charge in [0.2, 0.25) is 0 Å². The predicted octanol–water partition coefficient (Wildman–Crippen LogP) is 5.78. The van der Waals surface area contributed by atoms with E-state index < -0.39 is 0 Å². The normalized spacial score (nSPS) is 10.6. The van der Waals surface area contributed by atoms with Gasteiger partial charge in [0.1, 0.15) is 5.75 Å². The Morgan fingerprint density at radius 1 is 1.16 bits per heavy atom.